The van der Waals surface area contributed by atoms with E-state index in [4.69, 9.17) is 4.84 Å². The first kappa shape index (κ1) is 12.3. The van der Waals surface area contributed by atoms with Crippen LogP contribution in [0.5, 0.6) is 0 Å². The third-order valence-electron chi connectivity index (χ3n) is 2.52. The highest BCUT2D eigenvalue weighted by molar-refractivity contribution is 5.90. The Labute approximate surface area is 106 Å². The number of rotatable bonds is 4. The van der Waals surface area contributed by atoms with Gasteiger partial charge in [-0.15, -0.1) is 0 Å². The highest BCUT2D eigenvalue weighted by Gasteiger charge is 2.07. The predicted octanol–water partition coefficient (Wildman–Crippen LogP) is 3.86. The minimum absolute atomic E-state index is 0.241. The van der Waals surface area contributed by atoms with E-state index >= 15 is 0 Å². The van der Waals surface area contributed by atoms with Crippen LogP contribution in [0.4, 0.5) is 4.39 Å². The number of benzene rings is 2. The van der Waals surface area contributed by atoms with Crippen molar-refractivity contribution in [2.24, 2.45) is 5.16 Å². The summed E-state index contributed by atoms with van der Waals surface area (Å²) in [6, 6.07) is 14.2. The molecule has 0 bridgehead atoms. The molecule has 0 radical (unpaired) electrons. The summed E-state index contributed by atoms with van der Waals surface area (Å²) in [6.07, 6.45) is 1.60. The first-order valence-corrected chi connectivity index (χ1v) is 5.82. The predicted molar refractivity (Wildman–Crippen MR) is 71.1 cm³/mol. The van der Waals surface area contributed by atoms with Crippen molar-refractivity contribution >= 4 is 6.21 Å². The minimum atomic E-state index is -0.241. The molecule has 2 nitrogen and oxygen atoms in total. The maximum atomic E-state index is 13.8. The molecule has 0 unspecified atom stereocenters. The molecule has 0 atom stereocenters. The molecule has 0 aromatic heterocycles. The number of halogens is 1. The molecule has 0 aliphatic carbocycles. The first-order valence-electron chi connectivity index (χ1n) is 5.82. The molecule has 18 heavy (non-hydrogen) atoms. The van der Waals surface area contributed by atoms with Gasteiger partial charge in [0.25, 0.3) is 0 Å². The Kier molecular flexibility index (Phi) is 4.07. The third-order valence-corrected chi connectivity index (χ3v) is 2.52. The van der Waals surface area contributed by atoms with Gasteiger partial charge >= 0.3 is 0 Å². The molecule has 0 aliphatic rings. The number of hydrogen-bond acceptors (Lipinski definition) is 2. The molecule has 0 N–H and O–H groups in total. The molecule has 2 aromatic carbocycles. The highest BCUT2D eigenvalue weighted by Crippen LogP contribution is 2.25. The molecular weight excluding hydrogens is 229 g/mol. The fourth-order valence-electron chi connectivity index (χ4n) is 1.70. The SMILES string of the molecule is CCO/N=C/c1ccccc1-c1ccccc1F. The van der Waals surface area contributed by atoms with Gasteiger partial charge in [0.15, 0.2) is 0 Å². The van der Waals surface area contributed by atoms with Crippen LogP contribution in [-0.2, 0) is 4.84 Å². The van der Waals surface area contributed by atoms with Crippen LogP contribution in [0.3, 0.4) is 0 Å². The van der Waals surface area contributed by atoms with Crippen LogP contribution < -0.4 is 0 Å². The van der Waals surface area contributed by atoms with Gasteiger partial charge in [-0.25, -0.2) is 4.39 Å². The molecule has 0 aliphatic heterocycles. The van der Waals surface area contributed by atoms with Crippen molar-refractivity contribution in [1.82, 2.24) is 0 Å². The van der Waals surface area contributed by atoms with Gasteiger partial charge in [-0.05, 0) is 18.6 Å². The molecule has 3 heteroatoms. The summed E-state index contributed by atoms with van der Waals surface area (Å²) >= 11 is 0. The molecule has 0 saturated heterocycles. The maximum Gasteiger partial charge on any atom is 0.131 e. The van der Waals surface area contributed by atoms with Crippen LogP contribution in [0.1, 0.15) is 12.5 Å². The maximum absolute atomic E-state index is 13.8. The molecule has 0 fully saturated rings. The van der Waals surface area contributed by atoms with E-state index < -0.39 is 0 Å². The van der Waals surface area contributed by atoms with Crippen molar-refractivity contribution in [2.45, 2.75) is 6.92 Å². The molecule has 2 rings (SSSR count). The fraction of sp³-hybridized carbons (Fsp3) is 0.133. The Bertz CT molecular complexity index is 552. The van der Waals surface area contributed by atoms with E-state index in [9.17, 15) is 4.39 Å². The normalized spacial score (nSPS) is 10.8. The monoisotopic (exact) mass is 243 g/mol. The fourth-order valence-corrected chi connectivity index (χ4v) is 1.70. The number of hydrogen-bond donors (Lipinski definition) is 0. The Morgan fingerprint density at radius 3 is 2.44 bits per heavy atom. The summed E-state index contributed by atoms with van der Waals surface area (Å²) in [5, 5.41) is 3.83. The summed E-state index contributed by atoms with van der Waals surface area (Å²) < 4.78 is 13.8. The van der Waals surface area contributed by atoms with E-state index in [2.05, 4.69) is 5.16 Å². The quantitative estimate of drug-likeness (QED) is 0.590. The van der Waals surface area contributed by atoms with Crippen LogP contribution >= 0.6 is 0 Å². The summed E-state index contributed by atoms with van der Waals surface area (Å²) in [5.74, 6) is -0.241. The Hall–Kier alpha value is -2.16. The van der Waals surface area contributed by atoms with Gasteiger partial charge in [0.2, 0.25) is 0 Å². The van der Waals surface area contributed by atoms with E-state index in [0.717, 1.165) is 11.1 Å². The Morgan fingerprint density at radius 2 is 1.72 bits per heavy atom. The van der Waals surface area contributed by atoms with Crippen LogP contribution in [0, 0.1) is 5.82 Å². The molecular formula is C15H14FNO. The Balaban J connectivity index is 2.42. The van der Waals surface area contributed by atoms with E-state index in [1.54, 1.807) is 18.3 Å². The zero-order valence-electron chi connectivity index (χ0n) is 10.1. The topological polar surface area (TPSA) is 21.6 Å². The van der Waals surface area contributed by atoms with Gasteiger partial charge in [-0.3, -0.25) is 0 Å². The molecule has 0 saturated carbocycles. The van der Waals surface area contributed by atoms with Gasteiger partial charge in [-0.2, -0.15) is 0 Å². The summed E-state index contributed by atoms with van der Waals surface area (Å²) in [4.78, 5) is 4.93. The van der Waals surface area contributed by atoms with E-state index in [1.165, 1.54) is 6.07 Å². The lowest BCUT2D eigenvalue weighted by atomic mass is 10.00. The summed E-state index contributed by atoms with van der Waals surface area (Å²) in [7, 11) is 0. The van der Waals surface area contributed by atoms with Crippen molar-refractivity contribution < 1.29 is 9.23 Å². The number of nitrogens with zero attached hydrogens (tertiary/aromatic N) is 1. The smallest absolute Gasteiger partial charge is 0.131 e. The van der Waals surface area contributed by atoms with Crippen LogP contribution in [-0.4, -0.2) is 12.8 Å². The van der Waals surface area contributed by atoms with Crippen molar-refractivity contribution in [3.05, 3.63) is 59.9 Å². The number of oxime groups is 1. The lowest BCUT2D eigenvalue weighted by molar-refractivity contribution is 0.160. The van der Waals surface area contributed by atoms with Gasteiger partial charge in [-0.1, -0.05) is 47.6 Å². The van der Waals surface area contributed by atoms with Gasteiger partial charge in [0.05, 0.1) is 6.21 Å². The first-order chi connectivity index (χ1) is 8.83. The second-order valence-corrected chi connectivity index (χ2v) is 3.72. The summed E-state index contributed by atoms with van der Waals surface area (Å²) in [6.45, 7) is 2.37. The molecule has 2 aromatic rings. The molecule has 0 amide bonds. The van der Waals surface area contributed by atoms with Crippen molar-refractivity contribution in [3.8, 4) is 11.1 Å². The van der Waals surface area contributed by atoms with E-state index in [0.29, 0.717) is 12.2 Å². The largest absolute Gasteiger partial charge is 0.396 e. The van der Waals surface area contributed by atoms with E-state index in [1.807, 2.05) is 37.3 Å². The average molecular weight is 243 g/mol. The summed E-state index contributed by atoms with van der Waals surface area (Å²) in [5.41, 5.74) is 2.20. The van der Waals surface area contributed by atoms with Gasteiger partial charge in [0, 0.05) is 11.1 Å². The lowest BCUT2D eigenvalue weighted by Gasteiger charge is -2.06. The molecule has 0 heterocycles. The van der Waals surface area contributed by atoms with Crippen molar-refractivity contribution in [3.63, 3.8) is 0 Å². The lowest BCUT2D eigenvalue weighted by Crippen LogP contribution is -1.91. The molecule has 0 spiro atoms. The second kappa shape index (κ2) is 5.96. The zero-order chi connectivity index (χ0) is 12.8. The molecule has 92 valence electrons. The average Bonchev–Trinajstić information content (AvgIpc) is 2.40. The second-order valence-electron chi connectivity index (χ2n) is 3.72. The van der Waals surface area contributed by atoms with Crippen LogP contribution in [0.25, 0.3) is 11.1 Å². The third kappa shape index (κ3) is 2.74. The van der Waals surface area contributed by atoms with Crippen LogP contribution in [0.15, 0.2) is 53.7 Å². The minimum Gasteiger partial charge on any atom is -0.396 e. The standard InChI is InChI=1S/C15H14FNO/c1-2-18-17-11-12-7-3-4-8-13(12)14-9-5-6-10-15(14)16/h3-11H,2H2,1H3/b17-11+. The van der Waals surface area contributed by atoms with Gasteiger partial charge in [0.1, 0.15) is 12.4 Å². The van der Waals surface area contributed by atoms with Gasteiger partial charge < -0.3 is 4.84 Å². The van der Waals surface area contributed by atoms with Crippen molar-refractivity contribution in [2.75, 3.05) is 6.61 Å². The van der Waals surface area contributed by atoms with Crippen molar-refractivity contribution in [1.29, 1.82) is 0 Å². The Morgan fingerprint density at radius 1 is 1.06 bits per heavy atom. The van der Waals surface area contributed by atoms with Crippen LogP contribution in [0.2, 0.25) is 0 Å². The van der Waals surface area contributed by atoms with E-state index in [-0.39, 0.29) is 5.82 Å². The zero-order valence-corrected chi connectivity index (χ0v) is 10.1. The highest BCUT2D eigenvalue weighted by atomic mass is 19.1.